The van der Waals surface area contributed by atoms with E-state index in [0.29, 0.717) is 26.8 Å². The Bertz CT molecular complexity index is 1120. The second-order valence-electron chi connectivity index (χ2n) is 7.61. The molecule has 1 aliphatic rings. The van der Waals surface area contributed by atoms with E-state index in [4.69, 9.17) is 16.6 Å². The van der Waals surface area contributed by atoms with Crippen LogP contribution in [-0.4, -0.2) is 20.7 Å². The van der Waals surface area contributed by atoms with E-state index in [0.717, 1.165) is 25.7 Å². The minimum Gasteiger partial charge on any atom is -0.324 e. The van der Waals surface area contributed by atoms with Gasteiger partial charge in [0.25, 0.3) is 5.56 Å². The first-order chi connectivity index (χ1) is 14.5. The smallest absolute Gasteiger partial charge is 0.262 e. The fourth-order valence-electron chi connectivity index (χ4n) is 3.88. The first-order valence-corrected chi connectivity index (χ1v) is 11.5. The molecular formula is C23H24ClN3O2S. The Morgan fingerprint density at radius 3 is 2.60 bits per heavy atom. The molecule has 4 rings (SSSR count). The number of thioether (sulfide) groups is 1. The van der Waals surface area contributed by atoms with E-state index in [2.05, 4.69) is 5.32 Å². The van der Waals surface area contributed by atoms with Crippen LogP contribution in [0, 0.1) is 0 Å². The van der Waals surface area contributed by atoms with Crippen molar-refractivity contribution in [1.29, 1.82) is 0 Å². The van der Waals surface area contributed by atoms with Gasteiger partial charge in [0, 0.05) is 6.04 Å². The van der Waals surface area contributed by atoms with Crippen molar-refractivity contribution in [1.82, 2.24) is 9.55 Å². The Hall–Kier alpha value is -2.31. The molecule has 0 aliphatic heterocycles. The van der Waals surface area contributed by atoms with E-state index >= 15 is 0 Å². The van der Waals surface area contributed by atoms with E-state index < -0.39 is 5.25 Å². The lowest BCUT2D eigenvalue weighted by atomic mass is 9.95. The van der Waals surface area contributed by atoms with Crippen LogP contribution in [0.25, 0.3) is 10.9 Å². The molecule has 0 bridgehead atoms. The van der Waals surface area contributed by atoms with Crippen molar-refractivity contribution in [3.8, 4) is 0 Å². The number of aromatic nitrogens is 2. The highest BCUT2D eigenvalue weighted by atomic mass is 35.5. The maximum Gasteiger partial charge on any atom is 0.262 e. The van der Waals surface area contributed by atoms with E-state index in [1.165, 1.54) is 18.2 Å². The second kappa shape index (κ2) is 9.23. The minimum absolute atomic E-state index is 0.0197. The van der Waals surface area contributed by atoms with Gasteiger partial charge in [-0.2, -0.15) is 0 Å². The Morgan fingerprint density at radius 2 is 1.83 bits per heavy atom. The Labute approximate surface area is 184 Å². The third-order valence-electron chi connectivity index (χ3n) is 5.50. The Morgan fingerprint density at radius 1 is 1.13 bits per heavy atom. The van der Waals surface area contributed by atoms with E-state index in [-0.39, 0.29) is 17.5 Å². The highest BCUT2D eigenvalue weighted by Gasteiger charge is 2.25. The summed E-state index contributed by atoms with van der Waals surface area (Å²) >= 11 is 7.49. The van der Waals surface area contributed by atoms with E-state index in [1.54, 1.807) is 12.1 Å². The molecule has 2 aromatic carbocycles. The molecule has 156 valence electrons. The number of para-hydroxylation sites is 2. The molecule has 1 aliphatic carbocycles. The molecule has 7 heteroatoms. The van der Waals surface area contributed by atoms with Crippen LogP contribution in [0.15, 0.2) is 58.5 Å². The summed E-state index contributed by atoms with van der Waals surface area (Å²) in [5, 5.41) is 4.15. The van der Waals surface area contributed by atoms with Gasteiger partial charge in [-0.15, -0.1) is 0 Å². The van der Waals surface area contributed by atoms with Crippen molar-refractivity contribution in [2.45, 2.75) is 55.5 Å². The quantitative estimate of drug-likeness (QED) is 0.409. The largest absolute Gasteiger partial charge is 0.324 e. The van der Waals surface area contributed by atoms with Gasteiger partial charge >= 0.3 is 0 Å². The number of fused-ring (bicyclic) bond motifs is 1. The van der Waals surface area contributed by atoms with Crippen molar-refractivity contribution in [2.75, 3.05) is 5.32 Å². The number of hydrogen-bond donors (Lipinski definition) is 1. The van der Waals surface area contributed by atoms with Crippen molar-refractivity contribution in [3.05, 3.63) is 63.9 Å². The molecule has 1 saturated carbocycles. The maximum absolute atomic E-state index is 13.3. The highest BCUT2D eigenvalue weighted by molar-refractivity contribution is 8.00. The summed E-state index contributed by atoms with van der Waals surface area (Å²) < 4.78 is 1.82. The van der Waals surface area contributed by atoms with Crippen LogP contribution in [-0.2, 0) is 4.79 Å². The Balaban J connectivity index is 1.66. The van der Waals surface area contributed by atoms with Gasteiger partial charge < -0.3 is 5.32 Å². The topological polar surface area (TPSA) is 64.0 Å². The number of anilines is 1. The lowest BCUT2D eigenvalue weighted by Gasteiger charge is -2.26. The molecule has 1 N–H and O–H groups in total. The summed E-state index contributed by atoms with van der Waals surface area (Å²) in [5.41, 5.74) is 1.22. The fourth-order valence-corrected chi connectivity index (χ4v) is 5.04. The van der Waals surface area contributed by atoms with Crippen molar-refractivity contribution >= 4 is 45.9 Å². The average Bonchev–Trinajstić information content (AvgIpc) is 2.76. The number of hydrogen-bond acceptors (Lipinski definition) is 4. The van der Waals surface area contributed by atoms with E-state index in [9.17, 15) is 9.59 Å². The second-order valence-corrected chi connectivity index (χ2v) is 9.32. The number of benzene rings is 2. The van der Waals surface area contributed by atoms with Crippen molar-refractivity contribution < 1.29 is 4.79 Å². The molecule has 0 spiro atoms. The molecule has 1 amide bonds. The zero-order chi connectivity index (χ0) is 21.1. The highest BCUT2D eigenvalue weighted by Crippen LogP contribution is 2.32. The van der Waals surface area contributed by atoms with Crippen molar-refractivity contribution in [3.63, 3.8) is 0 Å². The number of halogens is 1. The van der Waals surface area contributed by atoms with E-state index in [1.807, 2.05) is 47.9 Å². The molecule has 1 heterocycles. The number of nitrogens with zero attached hydrogens (tertiary/aromatic N) is 2. The number of nitrogens with one attached hydrogen (secondary N) is 1. The number of carbonyl (C=O) groups is 1. The van der Waals surface area contributed by atoms with Crippen LogP contribution < -0.4 is 10.9 Å². The maximum atomic E-state index is 13.3. The van der Waals surface area contributed by atoms with Gasteiger partial charge in [0.1, 0.15) is 0 Å². The average molecular weight is 442 g/mol. The normalized spacial score (nSPS) is 15.8. The van der Waals surface area contributed by atoms with Crippen LogP contribution in [0.4, 0.5) is 5.69 Å². The monoisotopic (exact) mass is 441 g/mol. The lowest BCUT2D eigenvalue weighted by Crippen LogP contribution is -2.30. The molecule has 1 atom stereocenters. The van der Waals surface area contributed by atoms with Crippen LogP contribution >= 0.6 is 23.4 Å². The first-order valence-electron chi connectivity index (χ1n) is 10.3. The molecular weight excluding hydrogens is 418 g/mol. The number of carbonyl (C=O) groups excluding carboxylic acids is 1. The third-order valence-corrected chi connectivity index (χ3v) is 6.89. The van der Waals surface area contributed by atoms with Crippen LogP contribution in [0.3, 0.4) is 0 Å². The zero-order valence-corrected chi connectivity index (χ0v) is 18.4. The van der Waals surface area contributed by atoms with Crippen LogP contribution in [0.5, 0.6) is 0 Å². The third kappa shape index (κ3) is 4.40. The van der Waals surface area contributed by atoms with Gasteiger partial charge in [0.2, 0.25) is 5.91 Å². The minimum atomic E-state index is -0.441. The van der Waals surface area contributed by atoms with Gasteiger partial charge in [-0.05, 0) is 44.0 Å². The van der Waals surface area contributed by atoms with Crippen molar-refractivity contribution in [2.24, 2.45) is 0 Å². The zero-order valence-electron chi connectivity index (χ0n) is 16.8. The number of rotatable bonds is 5. The summed E-state index contributed by atoms with van der Waals surface area (Å²) in [5.74, 6) is -0.175. The fraction of sp³-hybridized carbons (Fsp3) is 0.348. The summed E-state index contributed by atoms with van der Waals surface area (Å²) in [4.78, 5) is 30.9. The Kier molecular flexibility index (Phi) is 6.44. The predicted molar refractivity (Wildman–Crippen MR) is 124 cm³/mol. The molecule has 1 unspecified atom stereocenters. The van der Waals surface area contributed by atoms with Gasteiger partial charge in [-0.1, -0.05) is 66.9 Å². The standard InChI is InChI=1S/C23H24ClN3O2S/c1-15(21(28)25-20-14-8-6-12-18(20)24)30-23-26-19-13-7-5-11-17(19)22(29)27(23)16-9-3-2-4-10-16/h5-8,11-16H,2-4,9-10H2,1H3,(H,25,28). The summed E-state index contributed by atoms with van der Waals surface area (Å²) in [7, 11) is 0. The molecule has 0 radical (unpaired) electrons. The van der Waals surface area contributed by atoms with Gasteiger partial charge in [-0.3, -0.25) is 14.2 Å². The molecule has 3 aromatic rings. The SMILES string of the molecule is CC(Sc1nc2ccccc2c(=O)n1C1CCCCC1)C(=O)Nc1ccccc1Cl. The predicted octanol–water partition coefficient (Wildman–Crippen LogP) is 5.67. The lowest BCUT2D eigenvalue weighted by molar-refractivity contribution is -0.115. The summed E-state index contributed by atoms with van der Waals surface area (Å²) in [6.07, 6.45) is 5.35. The molecule has 5 nitrogen and oxygen atoms in total. The van der Waals surface area contributed by atoms with Gasteiger partial charge in [0.05, 0.1) is 26.9 Å². The molecule has 30 heavy (non-hydrogen) atoms. The molecule has 0 saturated heterocycles. The summed E-state index contributed by atoms with van der Waals surface area (Å²) in [6.45, 7) is 1.82. The summed E-state index contributed by atoms with van der Waals surface area (Å²) in [6, 6.07) is 14.7. The van der Waals surface area contributed by atoms with Gasteiger partial charge in [0.15, 0.2) is 5.16 Å². The first kappa shape index (κ1) is 20.9. The molecule has 1 aromatic heterocycles. The van der Waals surface area contributed by atoms with Gasteiger partial charge in [-0.25, -0.2) is 4.98 Å². The number of amides is 1. The van der Waals surface area contributed by atoms with Crippen LogP contribution in [0.2, 0.25) is 5.02 Å². The van der Waals surface area contributed by atoms with Crippen LogP contribution in [0.1, 0.15) is 45.1 Å². The molecule has 1 fully saturated rings.